The summed E-state index contributed by atoms with van der Waals surface area (Å²) in [4.78, 5) is 3.71. The summed E-state index contributed by atoms with van der Waals surface area (Å²) in [6, 6.07) is 9.47. The molecule has 20 heavy (non-hydrogen) atoms. The molecule has 0 aliphatic heterocycles. The Bertz CT molecular complexity index is 719. The molecule has 7 heteroatoms. The normalized spacial score (nSPS) is 11.8. The van der Waals surface area contributed by atoms with E-state index in [0.29, 0.717) is 5.56 Å². The van der Waals surface area contributed by atoms with Crippen molar-refractivity contribution in [1.29, 1.82) is 0 Å². The highest BCUT2D eigenvalue weighted by atomic mass is 35.5. The third-order valence-corrected chi connectivity index (χ3v) is 5.05. The number of hydrogen-bond acceptors (Lipinski definition) is 4. The van der Waals surface area contributed by atoms with Gasteiger partial charge in [0.05, 0.1) is 0 Å². The number of halogens is 1. The largest absolute Gasteiger partial charge is 0.508 e. The zero-order valence-corrected chi connectivity index (χ0v) is 12.3. The van der Waals surface area contributed by atoms with Gasteiger partial charge in [0.15, 0.2) is 0 Å². The fourth-order valence-corrected chi connectivity index (χ4v) is 3.27. The first-order chi connectivity index (χ1) is 9.43. The van der Waals surface area contributed by atoms with E-state index >= 15 is 0 Å². The van der Waals surface area contributed by atoms with Crippen LogP contribution >= 0.6 is 11.6 Å². The molecule has 0 spiro atoms. The predicted octanol–water partition coefficient (Wildman–Crippen LogP) is 2.26. The van der Waals surface area contributed by atoms with Crippen LogP contribution < -0.4 is 0 Å². The number of phenolic OH excluding ortho intramolecular Hbond substituents is 1. The van der Waals surface area contributed by atoms with E-state index in [9.17, 15) is 13.5 Å². The second kappa shape index (κ2) is 5.78. The van der Waals surface area contributed by atoms with E-state index in [1.807, 2.05) is 0 Å². The molecule has 0 saturated heterocycles. The standard InChI is InChI=1S/C13H13ClN2O3S/c1-16(9-10-5-2-3-6-11(10)17)20(18,19)12-7-4-8-15-13(12)14/h2-8,17H,9H2,1H3. The van der Waals surface area contributed by atoms with Crippen molar-refractivity contribution in [3.05, 3.63) is 53.3 Å². The smallest absolute Gasteiger partial charge is 0.246 e. The number of sulfonamides is 1. The van der Waals surface area contributed by atoms with Crippen LogP contribution in [0, 0.1) is 0 Å². The molecule has 1 N–H and O–H groups in total. The molecule has 0 unspecified atom stereocenters. The van der Waals surface area contributed by atoms with Crippen LogP contribution in [-0.4, -0.2) is 29.9 Å². The lowest BCUT2D eigenvalue weighted by Crippen LogP contribution is -2.27. The Morgan fingerprint density at radius 3 is 2.60 bits per heavy atom. The van der Waals surface area contributed by atoms with Crippen LogP contribution in [0.4, 0.5) is 0 Å². The number of para-hydroxylation sites is 1. The summed E-state index contributed by atoms with van der Waals surface area (Å²) in [7, 11) is -2.34. The van der Waals surface area contributed by atoms with Gasteiger partial charge in [0.2, 0.25) is 10.0 Å². The van der Waals surface area contributed by atoms with Gasteiger partial charge in [-0.1, -0.05) is 29.8 Å². The summed E-state index contributed by atoms with van der Waals surface area (Å²) in [6.45, 7) is 0.0419. The van der Waals surface area contributed by atoms with Crippen molar-refractivity contribution < 1.29 is 13.5 Å². The SMILES string of the molecule is CN(Cc1ccccc1O)S(=O)(=O)c1cccnc1Cl. The van der Waals surface area contributed by atoms with Gasteiger partial charge in [0, 0.05) is 25.4 Å². The number of benzene rings is 1. The van der Waals surface area contributed by atoms with Gasteiger partial charge in [-0.2, -0.15) is 4.31 Å². The summed E-state index contributed by atoms with van der Waals surface area (Å²) >= 11 is 5.82. The Morgan fingerprint density at radius 2 is 1.95 bits per heavy atom. The molecule has 2 rings (SSSR count). The predicted molar refractivity (Wildman–Crippen MR) is 76.0 cm³/mol. The highest BCUT2D eigenvalue weighted by Gasteiger charge is 2.24. The number of phenols is 1. The lowest BCUT2D eigenvalue weighted by atomic mass is 10.2. The molecular formula is C13H13ClN2O3S. The van der Waals surface area contributed by atoms with E-state index in [1.165, 1.54) is 31.4 Å². The van der Waals surface area contributed by atoms with E-state index < -0.39 is 10.0 Å². The molecule has 1 aromatic carbocycles. The van der Waals surface area contributed by atoms with Crippen LogP contribution in [-0.2, 0) is 16.6 Å². The van der Waals surface area contributed by atoms with Crippen LogP contribution in [0.3, 0.4) is 0 Å². The van der Waals surface area contributed by atoms with Crippen molar-refractivity contribution in [1.82, 2.24) is 9.29 Å². The average Bonchev–Trinajstić information content (AvgIpc) is 2.41. The monoisotopic (exact) mass is 312 g/mol. The molecule has 0 saturated carbocycles. The van der Waals surface area contributed by atoms with Crippen molar-refractivity contribution in [2.75, 3.05) is 7.05 Å². The summed E-state index contributed by atoms with van der Waals surface area (Å²) in [5.74, 6) is 0.0480. The summed E-state index contributed by atoms with van der Waals surface area (Å²) in [5.41, 5.74) is 0.513. The Hall–Kier alpha value is -1.63. The van der Waals surface area contributed by atoms with Gasteiger partial charge in [0.1, 0.15) is 15.8 Å². The van der Waals surface area contributed by atoms with Crippen LogP contribution in [0.1, 0.15) is 5.56 Å². The fraction of sp³-hybridized carbons (Fsp3) is 0.154. The van der Waals surface area contributed by atoms with Gasteiger partial charge in [-0.05, 0) is 18.2 Å². The maximum atomic E-state index is 12.4. The van der Waals surface area contributed by atoms with Crippen molar-refractivity contribution in [3.63, 3.8) is 0 Å². The second-order valence-corrected chi connectivity index (χ2v) is 6.55. The minimum atomic E-state index is -3.76. The number of aromatic hydroxyl groups is 1. The molecule has 5 nitrogen and oxygen atoms in total. The minimum absolute atomic E-state index is 0.0419. The van der Waals surface area contributed by atoms with Gasteiger partial charge < -0.3 is 5.11 Å². The molecule has 0 amide bonds. The van der Waals surface area contributed by atoms with E-state index in [2.05, 4.69) is 4.98 Å². The molecule has 0 atom stereocenters. The van der Waals surface area contributed by atoms with Crippen molar-refractivity contribution in [2.24, 2.45) is 0 Å². The molecule has 1 aromatic heterocycles. The zero-order valence-electron chi connectivity index (χ0n) is 10.7. The Morgan fingerprint density at radius 1 is 1.25 bits per heavy atom. The van der Waals surface area contributed by atoms with Crippen molar-refractivity contribution >= 4 is 21.6 Å². The van der Waals surface area contributed by atoms with Crippen LogP contribution in [0.2, 0.25) is 5.15 Å². The molecule has 0 fully saturated rings. The molecule has 2 aromatic rings. The molecule has 0 aliphatic rings. The molecule has 0 bridgehead atoms. The number of pyridine rings is 1. The van der Waals surface area contributed by atoms with Gasteiger partial charge in [0.25, 0.3) is 0 Å². The first-order valence-corrected chi connectivity index (χ1v) is 7.58. The molecule has 0 radical (unpaired) electrons. The highest BCUT2D eigenvalue weighted by Crippen LogP contribution is 2.24. The van der Waals surface area contributed by atoms with Gasteiger partial charge in [-0.15, -0.1) is 0 Å². The lowest BCUT2D eigenvalue weighted by molar-refractivity contribution is 0.435. The average molecular weight is 313 g/mol. The van der Waals surface area contributed by atoms with Crippen molar-refractivity contribution in [3.8, 4) is 5.75 Å². The summed E-state index contributed by atoms with van der Waals surface area (Å²) in [6.07, 6.45) is 1.42. The van der Waals surface area contributed by atoms with Crippen molar-refractivity contribution in [2.45, 2.75) is 11.4 Å². The Labute approximate surface area is 122 Å². The number of aromatic nitrogens is 1. The zero-order chi connectivity index (χ0) is 14.8. The van der Waals surface area contributed by atoms with E-state index in [0.717, 1.165) is 4.31 Å². The van der Waals surface area contributed by atoms with Crippen LogP contribution in [0.25, 0.3) is 0 Å². The number of hydrogen-bond donors (Lipinski definition) is 1. The number of rotatable bonds is 4. The Balaban J connectivity index is 2.31. The third kappa shape index (κ3) is 2.92. The maximum absolute atomic E-state index is 12.4. The first-order valence-electron chi connectivity index (χ1n) is 5.76. The second-order valence-electron chi connectivity index (χ2n) is 4.18. The van der Waals surface area contributed by atoms with Gasteiger partial charge in [-0.3, -0.25) is 0 Å². The van der Waals surface area contributed by atoms with Gasteiger partial charge >= 0.3 is 0 Å². The van der Waals surface area contributed by atoms with E-state index in [4.69, 9.17) is 11.6 Å². The quantitative estimate of drug-likeness (QED) is 0.879. The topological polar surface area (TPSA) is 70.5 Å². The summed E-state index contributed by atoms with van der Waals surface area (Å²) < 4.78 is 25.9. The lowest BCUT2D eigenvalue weighted by Gasteiger charge is -2.18. The third-order valence-electron chi connectivity index (χ3n) is 2.80. The van der Waals surface area contributed by atoms with Crippen LogP contribution in [0.15, 0.2) is 47.5 Å². The Kier molecular flexibility index (Phi) is 4.27. The van der Waals surface area contributed by atoms with Crippen LogP contribution in [0.5, 0.6) is 5.75 Å². The van der Waals surface area contributed by atoms with Gasteiger partial charge in [-0.25, -0.2) is 13.4 Å². The highest BCUT2D eigenvalue weighted by molar-refractivity contribution is 7.89. The molecule has 1 heterocycles. The first kappa shape index (κ1) is 14.8. The van der Waals surface area contributed by atoms with E-state index in [-0.39, 0.29) is 22.3 Å². The minimum Gasteiger partial charge on any atom is -0.508 e. The summed E-state index contributed by atoms with van der Waals surface area (Å²) in [5, 5.41) is 9.62. The maximum Gasteiger partial charge on any atom is 0.246 e. The molecular weight excluding hydrogens is 300 g/mol. The van der Waals surface area contributed by atoms with E-state index in [1.54, 1.807) is 18.2 Å². The molecule has 106 valence electrons. The fourth-order valence-electron chi connectivity index (χ4n) is 1.70. The number of nitrogens with zero attached hydrogens (tertiary/aromatic N) is 2. The molecule has 0 aliphatic carbocycles.